The molecule has 0 aliphatic rings. The van der Waals surface area contributed by atoms with E-state index < -0.39 is 10.0 Å². The van der Waals surface area contributed by atoms with Crippen molar-refractivity contribution in [3.8, 4) is 0 Å². The zero-order chi connectivity index (χ0) is 15.6. The maximum Gasteiger partial charge on any atom is 0.273 e. The predicted molar refractivity (Wildman–Crippen MR) is 86.1 cm³/mol. The van der Waals surface area contributed by atoms with Gasteiger partial charge in [0.1, 0.15) is 4.21 Å². The Morgan fingerprint density at radius 2 is 1.90 bits per heavy atom. The molecule has 114 valence electrons. The van der Waals surface area contributed by atoms with Crippen molar-refractivity contribution in [1.82, 2.24) is 15.2 Å². The molecule has 0 amide bonds. The molecule has 0 unspecified atom stereocenters. The van der Waals surface area contributed by atoms with Gasteiger partial charge in [-0.25, -0.2) is 18.1 Å². The van der Waals surface area contributed by atoms with Crippen molar-refractivity contribution < 1.29 is 8.42 Å². The zero-order valence-corrected chi connectivity index (χ0v) is 15.1. The van der Waals surface area contributed by atoms with Crippen LogP contribution in [0.2, 0.25) is 0 Å². The highest BCUT2D eigenvalue weighted by atomic mass is 79.9. The third-order valence-corrected chi connectivity index (χ3v) is 6.77. The molecule has 0 saturated heterocycles. The zero-order valence-electron chi connectivity index (χ0n) is 11.8. The molecule has 0 aliphatic carbocycles. The maximum absolute atomic E-state index is 12.3. The lowest BCUT2D eigenvalue weighted by molar-refractivity contribution is 0.602. The molecule has 0 radical (unpaired) electrons. The van der Waals surface area contributed by atoms with Crippen LogP contribution in [-0.2, 0) is 22.9 Å². The van der Waals surface area contributed by atoms with Crippen LogP contribution in [0.4, 0.5) is 5.95 Å². The van der Waals surface area contributed by atoms with Crippen LogP contribution in [0, 0.1) is 6.92 Å². The van der Waals surface area contributed by atoms with Gasteiger partial charge < -0.3 is 0 Å². The number of rotatable bonds is 5. The molecular formula is C12H15BrN4O2S2. The Morgan fingerprint density at radius 3 is 2.43 bits per heavy atom. The average molecular weight is 391 g/mol. The summed E-state index contributed by atoms with van der Waals surface area (Å²) in [6, 6.07) is 1.60. The third-order valence-electron chi connectivity index (χ3n) is 2.83. The van der Waals surface area contributed by atoms with E-state index in [0.717, 1.165) is 32.1 Å². The number of hydrogen-bond acceptors (Lipinski definition) is 6. The SMILES string of the molecule is CCc1nnc(NS(=O)(=O)c2cc(C)c(Br)s2)nc1CC. The molecule has 2 aromatic heterocycles. The molecule has 1 N–H and O–H groups in total. The first kappa shape index (κ1) is 16.3. The summed E-state index contributed by atoms with van der Waals surface area (Å²) < 4.78 is 28.0. The van der Waals surface area contributed by atoms with Crippen molar-refractivity contribution in [1.29, 1.82) is 0 Å². The van der Waals surface area contributed by atoms with Crippen molar-refractivity contribution in [2.45, 2.75) is 37.8 Å². The molecular weight excluding hydrogens is 376 g/mol. The van der Waals surface area contributed by atoms with Gasteiger partial charge in [-0.05, 0) is 47.3 Å². The van der Waals surface area contributed by atoms with Gasteiger partial charge in [0.2, 0.25) is 0 Å². The highest BCUT2D eigenvalue weighted by Crippen LogP contribution is 2.31. The lowest BCUT2D eigenvalue weighted by atomic mass is 10.2. The molecule has 0 fully saturated rings. The monoisotopic (exact) mass is 390 g/mol. The quantitative estimate of drug-likeness (QED) is 0.847. The topological polar surface area (TPSA) is 84.8 Å². The molecule has 2 heterocycles. The molecule has 21 heavy (non-hydrogen) atoms. The number of nitrogens with one attached hydrogen (secondary N) is 1. The summed E-state index contributed by atoms with van der Waals surface area (Å²) in [7, 11) is -3.69. The molecule has 0 bridgehead atoms. The summed E-state index contributed by atoms with van der Waals surface area (Å²) in [5, 5.41) is 7.86. The van der Waals surface area contributed by atoms with Crippen LogP contribution in [0.15, 0.2) is 14.1 Å². The average Bonchev–Trinajstić information content (AvgIpc) is 2.79. The first-order chi connectivity index (χ1) is 9.87. The Balaban J connectivity index is 2.32. The Kier molecular flexibility index (Phi) is 4.95. The summed E-state index contributed by atoms with van der Waals surface area (Å²) in [5.41, 5.74) is 2.42. The molecule has 9 heteroatoms. The van der Waals surface area contributed by atoms with E-state index in [1.807, 2.05) is 20.8 Å². The second kappa shape index (κ2) is 6.37. The Hall–Kier alpha value is -1.06. The normalized spacial score (nSPS) is 11.6. The van der Waals surface area contributed by atoms with Crippen LogP contribution >= 0.6 is 27.3 Å². The van der Waals surface area contributed by atoms with Crippen molar-refractivity contribution in [2.24, 2.45) is 0 Å². The van der Waals surface area contributed by atoms with E-state index in [1.165, 1.54) is 0 Å². The molecule has 0 aliphatic heterocycles. The van der Waals surface area contributed by atoms with Gasteiger partial charge in [-0.3, -0.25) is 0 Å². The van der Waals surface area contributed by atoms with Crippen LogP contribution in [0.3, 0.4) is 0 Å². The van der Waals surface area contributed by atoms with Gasteiger partial charge in [0.25, 0.3) is 16.0 Å². The fourth-order valence-corrected chi connectivity index (χ4v) is 4.88. The van der Waals surface area contributed by atoms with Gasteiger partial charge in [0, 0.05) is 0 Å². The highest BCUT2D eigenvalue weighted by molar-refractivity contribution is 9.11. The van der Waals surface area contributed by atoms with Crippen molar-refractivity contribution in [3.63, 3.8) is 0 Å². The van der Waals surface area contributed by atoms with Gasteiger partial charge in [-0.15, -0.1) is 21.5 Å². The minimum absolute atomic E-state index is 0.00576. The fraction of sp³-hybridized carbons (Fsp3) is 0.417. The molecule has 0 saturated carbocycles. The van der Waals surface area contributed by atoms with Crippen LogP contribution in [0.25, 0.3) is 0 Å². The van der Waals surface area contributed by atoms with Gasteiger partial charge in [0.15, 0.2) is 0 Å². The molecule has 2 rings (SSSR count). The number of aromatic nitrogens is 3. The van der Waals surface area contributed by atoms with E-state index in [9.17, 15) is 8.42 Å². The molecule has 6 nitrogen and oxygen atoms in total. The summed E-state index contributed by atoms with van der Waals surface area (Å²) in [4.78, 5) is 4.23. The van der Waals surface area contributed by atoms with E-state index in [1.54, 1.807) is 6.07 Å². The smallest absolute Gasteiger partial charge is 0.245 e. The summed E-state index contributed by atoms with van der Waals surface area (Å²) in [6.07, 6.45) is 1.39. The highest BCUT2D eigenvalue weighted by Gasteiger charge is 2.20. The Morgan fingerprint density at radius 1 is 1.24 bits per heavy atom. The van der Waals surface area contributed by atoms with Crippen molar-refractivity contribution >= 4 is 43.2 Å². The van der Waals surface area contributed by atoms with Crippen LogP contribution in [0.1, 0.15) is 30.8 Å². The minimum Gasteiger partial charge on any atom is -0.245 e. The van der Waals surface area contributed by atoms with Crippen molar-refractivity contribution in [2.75, 3.05) is 4.72 Å². The molecule has 0 aromatic carbocycles. The Bertz CT molecular complexity index is 739. The summed E-state index contributed by atoms with van der Waals surface area (Å²) in [5.74, 6) is 0.00576. The van der Waals surface area contributed by atoms with Crippen LogP contribution in [0.5, 0.6) is 0 Å². The minimum atomic E-state index is -3.69. The second-order valence-corrected chi connectivity index (χ2v) is 8.64. The number of halogens is 1. The summed E-state index contributed by atoms with van der Waals surface area (Å²) in [6.45, 7) is 5.74. The third kappa shape index (κ3) is 3.58. The fourth-order valence-electron chi connectivity index (χ4n) is 1.72. The standard InChI is InChI=1S/C12H15BrN4O2S2/c1-4-8-9(5-2)15-16-12(14-8)17-21(18,19)10-6-7(3)11(13)20-10/h6H,4-5H2,1-3H3,(H,14,16,17). The Labute approximate surface area is 136 Å². The van der Waals surface area contributed by atoms with Gasteiger partial charge in [-0.1, -0.05) is 13.8 Å². The van der Waals surface area contributed by atoms with Crippen LogP contribution < -0.4 is 4.72 Å². The number of sulfonamides is 1. The van der Waals surface area contributed by atoms with Crippen LogP contribution in [-0.4, -0.2) is 23.6 Å². The largest absolute Gasteiger partial charge is 0.273 e. The number of anilines is 1. The van der Waals surface area contributed by atoms with Gasteiger partial charge in [-0.2, -0.15) is 0 Å². The van der Waals surface area contributed by atoms with Crippen molar-refractivity contribution in [3.05, 3.63) is 26.8 Å². The first-order valence-electron chi connectivity index (χ1n) is 6.38. The first-order valence-corrected chi connectivity index (χ1v) is 9.47. The lowest BCUT2D eigenvalue weighted by Crippen LogP contribution is -2.16. The van der Waals surface area contributed by atoms with E-state index in [-0.39, 0.29) is 10.2 Å². The number of nitrogens with zero attached hydrogens (tertiary/aromatic N) is 3. The van der Waals surface area contributed by atoms with E-state index in [4.69, 9.17) is 0 Å². The lowest BCUT2D eigenvalue weighted by Gasteiger charge is -2.07. The maximum atomic E-state index is 12.3. The van der Waals surface area contributed by atoms with Gasteiger partial charge in [0.05, 0.1) is 15.2 Å². The van der Waals surface area contributed by atoms with E-state index >= 15 is 0 Å². The molecule has 0 spiro atoms. The number of thiophene rings is 1. The second-order valence-electron chi connectivity index (χ2n) is 4.36. The predicted octanol–water partition coefficient (Wildman–Crippen LogP) is 2.93. The van der Waals surface area contributed by atoms with Gasteiger partial charge >= 0.3 is 0 Å². The van der Waals surface area contributed by atoms with E-state index in [0.29, 0.717) is 12.8 Å². The molecule has 0 atom stereocenters. The number of aryl methyl sites for hydroxylation is 3. The molecule has 2 aromatic rings. The number of hydrogen-bond donors (Lipinski definition) is 1. The summed E-state index contributed by atoms with van der Waals surface area (Å²) >= 11 is 4.47. The van der Waals surface area contributed by atoms with E-state index in [2.05, 4.69) is 35.8 Å².